The number of halogens is 1. The van der Waals surface area contributed by atoms with E-state index in [1.807, 2.05) is 52.1 Å². The number of cyclic esters (lactones) is 1. The smallest absolute Gasteiger partial charge is 0.410 e. The Balaban J connectivity index is 1.35. The third-order valence-corrected chi connectivity index (χ3v) is 9.41. The molecule has 2 bridgehead atoms. The van der Waals surface area contributed by atoms with E-state index in [1.165, 1.54) is 6.07 Å². The Kier molecular flexibility index (Phi) is 10.6. The lowest BCUT2D eigenvalue weighted by Gasteiger charge is -2.34. The Morgan fingerprint density at radius 1 is 1.02 bits per heavy atom. The number of likely N-dealkylation sites (N-methyl/N-ethyl adjacent to an activating group) is 1. The van der Waals surface area contributed by atoms with Crippen molar-refractivity contribution in [2.75, 3.05) is 51.2 Å². The van der Waals surface area contributed by atoms with Gasteiger partial charge >= 0.3 is 12.1 Å². The summed E-state index contributed by atoms with van der Waals surface area (Å²) < 4.78 is 32.8. The fourth-order valence-corrected chi connectivity index (χ4v) is 6.66. The van der Waals surface area contributed by atoms with E-state index in [4.69, 9.17) is 14.2 Å². The first kappa shape index (κ1) is 32.4. The van der Waals surface area contributed by atoms with Crippen molar-refractivity contribution in [1.82, 2.24) is 9.80 Å². The van der Waals surface area contributed by atoms with Gasteiger partial charge in [-0.1, -0.05) is 26.0 Å². The number of fused-ring (bicyclic) bond motifs is 2. The zero-order chi connectivity index (χ0) is 31.4. The zero-order valence-corrected chi connectivity index (χ0v) is 26.5. The van der Waals surface area contributed by atoms with Crippen molar-refractivity contribution in [3.8, 4) is 0 Å². The molecule has 44 heavy (non-hydrogen) atoms. The maximum absolute atomic E-state index is 14.8. The molecule has 0 aliphatic carbocycles. The summed E-state index contributed by atoms with van der Waals surface area (Å²) in [5.41, 5.74) is 2.25. The molecule has 0 radical (unpaired) electrons. The van der Waals surface area contributed by atoms with E-state index in [1.54, 1.807) is 11.0 Å². The van der Waals surface area contributed by atoms with Crippen molar-refractivity contribution in [2.45, 2.75) is 83.4 Å². The highest BCUT2D eigenvalue weighted by Gasteiger charge is 2.34. The summed E-state index contributed by atoms with van der Waals surface area (Å²) >= 11 is 0. The number of aliphatic hydroxyl groups is 1. The summed E-state index contributed by atoms with van der Waals surface area (Å²) in [4.78, 5) is 32.1. The third-order valence-electron chi connectivity index (χ3n) is 9.41. The first-order valence-electron chi connectivity index (χ1n) is 16.1. The van der Waals surface area contributed by atoms with Crippen molar-refractivity contribution in [3.05, 3.63) is 47.3 Å². The summed E-state index contributed by atoms with van der Waals surface area (Å²) in [5, 5.41) is 10.6. The summed E-state index contributed by atoms with van der Waals surface area (Å²) in [6.07, 6.45) is 6.62. The van der Waals surface area contributed by atoms with Gasteiger partial charge in [-0.25, -0.2) is 9.18 Å². The number of amides is 1. The SMILES string of the molecule is C/C(=C\c1cc(F)cc(N2C[C@H]3CC[C@@H](C2)O3)c1)[C@H]1OC(=O)C[C@H](O)CC[C@H](C)[C@@H](OC(=O)N2CCN(C)CC2)/C=C/[C@@H]1C. The molecule has 0 aromatic heterocycles. The van der Waals surface area contributed by atoms with Crippen LogP contribution in [0.2, 0.25) is 0 Å². The van der Waals surface area contributed by atoms with E-state index < -0.39 is 24.3 Å². The number of hydrogen-bond donors (Lipinski definition) is 1. The van der Waals surface area contributed by atoms with Gasteiger partial charge in [0, 0.05) is 50.9 Å². The molecular weight excluding hydrogens is 565 g/mol. The van der Waals surface area contributed by atoms with Crippen LogP contribution in [0.5, 0.6) is 0 Å². The quantitative estimate of drug-likeness (QED) is 0.388. The normalized spacial score (nSPS) is 33.3. The first-order valence-corrected chi connectivity index (χ1v) is 16.1. The number of piperazine rings is 1. The molecule has 3 fully saturated rings. The minimum absolute atomic E-state index is 0.0591. The molecule has 4 aliphatic rings. The molecule has 1 N–H and O–H groups in total. The van der Waals surface area contributed by atoms with Gasteiger partial charge < -0.3 is 34.0 Å². The molecule has 9 nitrogen and oxygen atoms in total. The summed E-state index contributed by atoms with van der Waals surface area (Å²) in [5.74, 6) is -1.14. The molecular formula is C34H48FN3O6. The molecule has 0 spiro atoms. The molecule has 242 valence electrons. The minimum atomic E-state index is -0.864. The second-order valence-corrected chi connectivity index (χ2v) is 13.2. The predicted molar refractivity (Wildman–Crippen MR) is 167 cm³/mol. The van der Waals surface area contributed by atoms with Gasteiger partial charge in [-0.3, -0.25) is 4.79 Å². The number of rotatable bonds is 4. The minimum Gasteiger partial charge on any atom is -0.457 e. The van der Waals surface area contributed by atoms with Gasteiger partial charge in [0.25, 0.3) is 0 Å². The number of carbonyl (C=O) groups is 2. The molecule has 1 aromatic rings. The number of esters is 1. The second-order valence-electron chi connectivity index (χ2n) is 13.2. The van der Waals surface area contributed by atoms with Gasteiger partial charge in [0.15, 0.2) is 0 Å². The fourth-order valence-electron chi connectivity index (χ4n) is 6.66. The molecule has 1 aromatic carbocycles. The monoisotopic (exact) mass is 613 g/mol. The van der Waals surface area contributed by atoms with Crippen LogP contribution in [0, 0.1) is 17.7 Å². The van der Waals surface area contributed by atoms with Crippen LogP contribution < -0.4 is 4.90 Å². The van der Waals surface area contributed by atoms with E-state index in [0.717, 1.165) is 50.3 Å². The van der Waals surface area contributed by atoms with E-state index in [-0.39, 0.29) is 42.4 Å². The van der Waals surface area contributed by atoms with Crippen LogP contribution in [0.1, 0.15) is 58.4 Å². The largest absolute Gasteiger partial charge is 0.457 e. The van der Waals surface area contributed by atoms with Gasteiger partial charge in [-0.15, -0.1) is 0 Å². The van der Waals surface area contributed by atoms with Crippen LogP contribution in [0.4, 0.5) is 14.9 Å². The number of aliphatic hydroxyl groups excluding tert-OH is 1. The van der Waals surface area contributed by atoms with E-state index in [2.05, 4.69) is 9.80 Å². The lowest BCUT2D eigenvalue weighted by atomic mass is 9.91. The van der Waals surface area contributed by atoms with Gasteiger partial charge in [-0.05, 0) is 81.0 Å². The predicted octanol–water partition coefficient (Wildman–Crippen LogP) is 4.63. The number of morpholine rings is 1. The van der Waals surface area contributed by atoms with Crippen LogP contribution >= 0.6 is 0 Å². The maximum atomic E-state index is 14.8. The van der Waals surface area contributed by atoms with E-state index in [9.17, 15) is 19.1 Å². The molecule has 3 saturated heterocycles. The van der Waals surface area contributed by atoms with Crippen LogP contribution in [-0.2, 0) is 19.0 Å². The first-order chi connectivity index (χ1) is 21.0. The maximum Gasteiger partial charge on any atom is 0.410 e. The molecule has 10 heteroatoms. The highest BCUT2D eigenvalue weighted by atomic mass is 19.1. The summed E-state index contributed by atoms with van der Waals surface area (Å²) in [7, 11) is 2.03. The average Bonchev–Trinajstić information content (AvgIpc) is 3.32. The Labute approximate surface area is 260 Å². The van der Waals surface area contributed by atoms with Crippen LogP contribution in [0.25, 0.3) is 6.08 Å². The van der Waals surface area contributed by atoms with E-state index >= 15 is 0 Å². The molecule has 5 rings (SSSR count). The van der Waals surface area contributed by atoms with Gasteiger partial charge in [0.05, 0.1) is 24.7 Å². The standard InChI is InChI=1S/C34H48FN3O6/c1-22-5-7-28(39)19-32(40)44-33(23(2)6-10-31(22)43-34(41)37-13-11-36(4)12-14-37)24(3)15-25-16-26(35)18-27(17-25)38-20-29-8-9-30(21-38)42-29/h6,10,15-18,22-23,28-31,33,39H,5,7-9,11-14,19-21H2,1-4H3/b10-6+,24-15+/t22-,23-,28+,29-,30+,31-,33-/m0/s1. The molecule has 4 aliphatic heterocycles. The van der Waals surface area contributed by atoms with Gasteiger partial charge in [-0.2, -0.15) is 0 Å². The highest BCUT2D eigenvalue weighted by Crippen LogP contribution is 2.32. The second kappa shape index (κ2) is 14.4. The van der Waals surface area contributed by atoms with Gasteiger partial charge in [0.2, 0.25) is 0 Å². The Morgan fingerprint density at radius 3 is 2.43 bits per heavy atom. The topological polar surface area (TPSA) is 91.8 Å². The summed E-state index contributed by atoms with van der Waals surface area (Å²) in [6, 6.07) is 5.01. The molecule has 4 heterocycles. The number of anilines is 1. The van der Waals surface area contributed by atoms with Crippen LogP contribution in [-0.4, -0.2) is 104 Å². The van der Waals surface area contributed by atoms with Crippen molar-refractivity contribution >= 4 is 23.8 Å². The number of hydrogen-bond acceptors (Lipinski definition) is 8. The third kappa shape index (κ3) is 8.40. The number of nitrogens with zero attached hydrogens (tertiary/aromatic N) is 3. The summed E-state index contributed by atoms with van der Waals surface area (Å²) in [6.45, 7) is 10.1. The van der Waals surface area contributed by atoms with Crippen molar-refractivity contribution in [1.29, 1.82) is 0 Å². The molecule has 1 amide bonds. The lowest BCUT2D eigenvalue weighted by Crippen LogP contribution is -2.48. The van der Waals surface area contributed by atoms with Crippen molar-refractivity contribution in [2.24, 2.45) is 11.8 Å². The Bertz CT molecular complexity index is 1220. The van der Waals surface area contributed by atoms with Gasteiger partial charge in [0.1, 0.15) is 18.0 Å². The average molecular weight is 614 g/mol. The van der Waals surface area contributed by atoms with E-state index in [0.29, 0.717) is 31.5 Å². The van der Waals surface area contributed by atoms with Crippen LogP contribution in [0.15, 0.2) is 35.9 Å². The molecule has 0 unspecified atom stereocenters. The number of ether oxygens (including phenoxy) is 3. The molecule has 7 atom stereocenters. The highest BCUT2D eigenvalue weighted by molar-refractivity contribution is 5.71. The number of benzene rings is 1. The Hall–Kier alpha value is -2.95. The molecule has 0 saturated carbocycles. The van der Waals surface area contributed by atoms with Crippen molar-refractivity contribution in [3.63, 3.8) is 0 Å². The van der Waals surface area contributed by atoms with Crippen LogP contribution in [0.3, 0.4) is 0 Å². The van der Waals surface area contributed by atoms with Crippen molar-refractivity contribution < 1.29 is 33.3 Å². The lowest BCUT2D eigenvalue weighted by molar-refractivity contribution is -0.151. The Morgan fingerprint density at radius 2 is 1.73 bits per heavy atom. The fraction of sp³-hybridized carbons (Fsp3) is 0.647. The zero-order valence-electron chi connectivity index (χ0n) is 26.5. The number of carbonyl (C=O) groups excluding carboxylic acids is 2.